The lowest BCUT2D eigenvalue weighted by molar-refractivity contribution is 0.484. The Kier molecular flexibility index (Phi) is 5.04. The van der Waals surface area contributed by atoms with Crippen LogP contribution in [0.4, 0.5) is 17.1 Å². The van der Waals surface area contributed by atoms with Crippen LogP contribution in [-0.4, -0.2) is 0 Å². The lowest BCUT2D eigenvalue weighted by atomic mass is 9.77. The molecule has 1 heteroatoms. The van der Waals surface area contributed by atoms with Crippen molar-refractivity contribution in [3.05, 3.63) is 139 Å². The van der Waals surface area contributed by atoms with E-state index in [1.54, 1.807) is 11.1 Å². The molecule has 1 fully saturated rings. The summed E-state index contributed by atoms with van der Waals surface area (Å²) in [5.41, 5.74) is 10.0. The van der Waals surface area contributed by atoms with E-state index in [9.17, 15) is 0 Å². The summed E-state index contributed by atoms with van der Waals surface area (Å²) in [6.07, 6.45) is 3.89. The lowest BCUT2D eigenvalue weighted by Gasteiger charge is -2.30. The van der Waals surface area contributed by atoms with Crippen LogP contribution in [-0.2, 0) is 10.8 Å². The van der Waals surface area contributed by atoms with E-state index in [4.69, 9.17) is 0 Å². The number of benzene rings is 6. The van der Waals surface area contributed by atoms with E-state index in [-0.39, 0.29) is 0 Å². The van der Waals surface area contributed by atoms with Crippen molar-refractivity contribution in [2.75, 3.05) is 4.90 Å². The number of para-hydroxylation sites is 2. The predicted molar refractivity (Wildman–Crippen MR) is 170 cm³/mol. The van der Waals surface area contributed by atoms with E-state index in [0.29, 0.717) is 10.8 Å². The molecular formula is C39H33N. The van der Waals surface area contributed by atoms with Gasteiger partial charge in [-0.05, 0) is 87.4 Å². The molecule has 1 nitrogen and oxygen atoms in total. The molecule has 40 heavy (non-hydrogen) atoms. The third-order valence-corrected chi connectivity index (χ3v) is 9.77. The van der Waals surface area contributed by atoms with Crippen LogP contribution in [0.15, 0.2) is 127 Å². The summed E-state index contributed by atoms with van der Waals surface area (Å²) in [6.45, 7) is 4.97. The molecule has 1 saturated carbocycles. The summed E-state index contributed by atoms with van der Waals surface area (Å²) in [7, 11) is 0. The molecule has 0 radical (unpaired) electrons. The lowest BCUT2D eigenvalue weighted by Crippen LogP contribution is -2.17. The minimum Gasteiger partial charge on any atom is -0.309 e. The monoisotopic (exact) mass is 515 g/mol. The van der Waals surface area contributed by atoms with Crippen molar-refractivity contribution in [2.24, 2.45) is 0 Å². The Hall–Kier alpha value is -4.36. The van der Waals surface area contributed by atoms with Crippen LogP contribution in [0.5, 0.6) is 0 Å². The summed E-state index contributed by atoms with van der Waals surface area (Å²) in [6, 6.07) is 46.9. The molecule has 0 saturated heterocycles. The maximum absolute atomic E-state index is 2.54. The molecule has 194 valence electrons. The molecule has 2 bridgehead atoms. The molecule has 0 spiro atoms. The first-order valence-electron chi connectivity index (χ1n) is 14.5. The molecule has 0 heterocycles. The van der Waals surface area contributed by atoms with Crippen LogP contribution in [0.1, 0.15) is 44.2 Å². The molecule has 0 aromatic heterocycles. The zero-order valence-corrected chi connectivity index (χ0v) is 23.2. The van der Waals surface area contributed by atoms with Gasteiger partial charge in [0.1, 0.15) is 0 Å². The van der Waals surface area contributed by atoms with Crippen LogP contribution in [0.3, 0.4) is 0 Å². The molecule has 6 aromatic rings. The number of hydrogen-bond acceptors (Lipinski definition) is 1. The standard InChI is InChI=1S/C39H33N/c1-38-23-24-39(2,26-38)35-25-27(21-22-34(35)38)36-30-17-9-11-19-32(30)37(33-20-12-10-18-31(33)36)40(28-13-5-3-6-14-28)29-15-7-4-8-16-29/h3-22,25H,23-24,26H2,1-2H3. The number of rotatable bonds is 4. The van der Waals surface area contributed by atoms with Gasteiger partial charge in [-0.15, -0.1) is 0 Å². The van der Waals surface area contributed by atoms with Crippen LogP contribution in [0.25, 0.3) is 32.7 Å². The van der Waals surface area contributed by atoms with E-state index in [1.807, 2.05) is 0 Å². The highest BCUT2D eigenvalue weighted by Crippen LogP contribution is 2.61. The summed E-state index contributed by atoms with van der Waals surface area (Å²) < 4.78 is 0. The van der Waals surface area contributed by atoms with Gasteiger partial charge in [-0.3, -0.25) is 0 Å². The highest BCUT2D eigenvalue weighted by atomic mass is 15.1. The molecule has 0 amide bonds. The Bertz CT molecular complexity index is 1810. The molecule has 6 aromatic carbocycles. The Labute approximate surface area is 236 Å². The fourth-order valence-electron chi connectivity index (χ4n) is 7.99. The van der Waals surface area contributed by atoms with Crippen LogP contribution in [0.2, 0.25) is 0 Å². The van der Waals surface area contributed by atoms with Crippen LogP contribution < -0.4 is 4.90 Å². The maximum atomic E-state index is 2.54. The molecular weight excluding hydrogens is 482 g/mol. The van der Waals surface area contributed by atoms with Gasteiger partial charge in [-0.2, -0.15) is 0 Å². The summed E-state index contributed by atoms with van der Waals surface area (Å²) >= 11 is 0. The highest BCUT2D eigenvalue weighted by Gasteiger charge is 2.52. The summed E-state index contributed by atoms with van der Waals surface area (Å²) in [4.78, 5) is 2.43. The summed E-state index contributed by atoms with van der Waals surface area (Å²) in [5, 5.41) is 5.13. The molecule has 2 aliphatic rings. The molecule has 2 aliphatic carbocycles. The molecule has 0 aliphatic heterocycles. The average Bonchev–Trinajstić information content (AvgIpc) is 3.45. The Morgan fingerprint density at radius 2 is 0.975 bits per heavy atom. The van der Waals surface area contributed by atoms with Crippen molar-refractivity contribution in [3.8, 4) is 11.1 Å². The number of anilines is 3. The highest BCUT2D eigenvalue weighted by molar-refractivity contribution is 6.22. The van der Waals surface area contributed by atoms with Gasteiger partial charge in [0.2, 0.25) is 0 Å². The smallest absolute Gasteiger partial charge is 0.0618 e. The summed E-state index contributed by atoms with van der Waals surface area (Å²) in [5.74, 6) is 0. The van der Waals surface area contributed by atoms with Crippen molar-refractivity contribution >= 4 is 38.6 Å². The number of nitrogens with zero attached hydrogens (tertiary/aromatic N) is 1. The minimum absolute atomic E-state index is 0.295. The van der Waals surface area contributed by atoms with E-state index >= 15 is 0 Å². The quantitative estimate of drug-likeness (QED) is 0.211. The second-order valence-corrected chi connectivity index (χ2v) is 12.4. The second kappa shape index (κ2) is 8.57. The van der Waals surface area contributed by atoms with Gasteiger partial charge in [0.05, 0.1) is 5.69 Å². The zero-order valence-electron chi connectivity index (χ0n) is 23.2. The minimum atomic E-state index is 0.295. The van der Waals surface area contributed by atoms with Gasteiger partial charge in [-0.1, -0.05) is 117 Å². The van der Waals surface area contributed by atoms with Gasteiger partial charge in [-0.25, -0.2) is 0 Å². The van der Waals surface area contributed by atoms with Crippen molar-refractivity contribution in [3.63, 3.8) is 0 Å². The first-order valence-corrected chi connectivity index (χ1v) is 14.5. The number of hydrogen-bond donors (Lipinski definition) is 0. The fourth-order valence-corrected chi connectivity index (χ4v) is 7.99. The maximum Gasteiger partial charge on any atom is 0.0618 e. The average molecular weight is 516 g/mol. The normalized spacial score (nSPS) is 21.1. The van der Waals surface area contributed by atoms with Gasteiger partial charge in [0.15, 0.2) is 0 Å². The Balaban J connectivity index is 1.46. The SMILES string of the molecule is CC12CCC(C)(C1)c1cc(-c3c4ccccc4c(N(c4ccccc4)c4ccccc4)c4ccccc34)ccc12. The van der Waals surface area contributed by atoms with Gasteiger partial charge >= 0.3 is 0 Å². The Morgan fingerprint density at radius 1 is 0.500 bits per heavy atom. The van der Waals surface area contributed by atoms with Crippen LogP contribution in [0, 0.1) is 0 Å². The molecule has 2 unspecified atom stereocenters. The Morgan fingerprint density at radius 3 is 1.52 bits per heavy atom. The van der Waals surface area contributed by atoms with Crippen LogP contribution >= 0.6 is 0 Å². The van der Waals surface area contributed by atoms with E-state index in [0.717, 1.165) is 11.4 Å². The topological polar surface area (TPSA) is 3.24 Å². The van der Waals surface area contributed by atoms with E-state index in [1.165, 1.54) is 57.6 Å². The third-order valence-electron chi connectivity index (χ3n) is 9.77. The fraction of sp³-hybridized carbons (Fsp3) is 0.179. The molecule has 0 N–H and O–H groups in total. The first kappa shape index (κ1) is 23.5. The van der Waals surface area contributed by atoms with Crippen molar-refractivity contribution in [1.82, 2.24) is 0 Å². The third kappa shape index (κ3) is 3.34. The van der Waals surface area contributed by atoms with E-state index < -0.39 is 0 Å². The number of fused-ring (bicyclic) bond motifs is 7. The van der Waals surface area contributed by atoms with Gasteiger partial charge in [0, 0.05) is 22.1 Å². The van der Waals surface area contributed by atoms with Gasteiger partial charge < -0.3 is 4.90 Å². The molecule has 2 atom stereocenters. The largest absolute Gasteiger partial charge is 0.309 e. The van der Waals surface area contributed by atoms with Gasteiger partial charge in [0.25, 0.3) is 0 Å². The van der Waals surface area contributed by atoms with E-state index in [2.05, 4.69) is 146 Å². The molecule has 8 rings (SSSR count). The van der Waals surface area contributed by atoms with Crippen molar-refractivity contribution < 1.29 is 0 Å². The predicted octanol–water partition coefficient (Wildman–Crippen LogP) is 10.8. The second-order valence-electron chi connectivity index (χ2n) is 12.4. The van der Waals surface area contributed by atoms with Crippen molar-refractivity contribution in [1.29, 1.82) is 0 Å². The first-order chi connectivity index (χ1) is 19.6. The zero-order chi connectivity index (χ0) is 26.9. The van der Waals surface area contributed by atoms with Crippen molar-refractivity contribution in [2.45, 2.75) is 43.9 Å².